The van der Waals surface area contributed by atoms with Crippen molar-refractivity contribution < 1.29 is 22.6 Å². The summed E-state index contributed by atoms with van der Waals surface area (Å²) < 4.78 is 43.7. The molecule has 2 aliphatic rings. The van der Waals surface area contributed by atoms with Crippen molar-refractivity contribution in [1.29, 1.82) is 0 Å². The van der Waals surface area contributed by atoms with E-state index in [0.717, 1.165) is 48.8 Å². The molecule has 13 heteroatoms. The van der Waals surface area contributed by atoms with Crippen molar-refractivity contribution in [3.63, 3.8) is 0 Å². The number of rotatable bonds is 10. The smallest absolute Gasteiger partial charge is 0.232 e. The Kier molecular flexibility index (Phi) is 8.83. The van der Waals surface area contributed by atoms with Gasteiger partial charge in [-0.2, -0.15) is 4.98 Å². The Morgan fingerprint density at radius 1 is 1.12 bits per heavy atom. The standard InChI is InChI=1S/C30H39N7O5S/c1-7-20-17-23(26(40-5)18-24(20)37-13-11-35(3)12-14-37)33-30-31-19-21(8-2)29(34-30)32-22-9-10-25-28(42-16-15-41-25)27(22)36(4)43(6,38)39/h8-10,17-19H,2,7,11-16H2,1,3-6H3,(H2,31,32,33,34). The van der Waals surface area contributed by atoms with Gasteiger partial charge in [0.1, 0.15) is 30.5 Å². The minimum Gasteiger partial charge on any atom is -0.494 e. The Morgan fingerprint density at radius 2 is 1.86 bits per heavy atom. The summed E-state index contributed by atoms with van der Waals surface area (Å²) in [5.74, 6) is 2.25. The second-order valence-electron chi connectivity index (χ2n) is 10.5. The first-order valence-corrected chi connectivity index (χ1v) is 16.0. The molecule has 1 fully saturated rings. The summed E-state index contributed by atoms with van der Waals surface area (Å²) >= 11 is 0. The second-order valence-corrected chi connectivity index (χ2v) is 12.5. The molecule has 0 unspecified atom stereocenters. The van der Waals surface area contributed by atoms with E-state index < -0.39 is 10.0 Å². The fraction of sp³-hybridized carbons (Fsp3) is 0.400. The molecule has 230 valence electrons. The summed E-state index contributed by atoms with van der Waals surface area (Å²) in [5.41, 5.74) is 4.51. The second kappa shape index (κ2) is 12.6. The lowest BCUT2D eigenvalue weighted by molar-refractivity contribution is 0.172. The molecule has 12 nitrogen and oxygen atoms in total. The number of sulfonamides is 1. The van der Waals surface area contributed by atoms with E-state index in [2.05, 4.69) is 58.1 Å². The topological polar surface area (TPSA) is 121 Å². The normalized spacial score (nSPS) is 15.1. The Morgan fingerprint density at radius 3 is 2.53 bits per heavy atom. The molecule has 0 atom stereocenters. The van der Waals surface area contributed by atoms with E-state index in [1.54, 1.807) is 31.5 Å². The zero-order valence-electron chi connectivity index (χ0n) is 25.3. The highest BCUT2D eigenvalue weighted by Crippen LogP contribution is 2.46. The van der Waals surface area contributed by atoms with Crippen LogP contribution < -0.4 is 34.0 Å². The van der Waals surface area contributed by atoms with Crippen molar-refractivity contribution in [2.75, 3.05) is 86.7 Å². The molecule has 0 spiro atoms. The lowest BCUT2D eigenvalue weighted by Crippen LogP contribution is -2.44. The summed E-state index contributed by atoms with van der Waals surface area (Å²) in [5, 5.41) is 6.61. The maximum Gasteiger partial charge on any atom is 0.232 e. The number of hydrogen-bond donors (Lipinski definition) is 2. The van der Waals surface area contributed by atoms with Gasteiger partial charge >= 0.3 is 0 Å². The third-order valence-electron chi connectivity index (χ3n) is 7.66. The summed E-state index contributed by atoms with van der Waals surface area (Å²) in [7, 11) is 1.64. The number of likely N-dealkylation sites (N-methyl/N-ethyl adjacent to an activating group) is 1. The molecule has 0 bridgehead atoms. The molecule has 43 heavy (non-hydrogen) atoms. The average Bonchev–Trinajstić information content (AvgIpc) is 3.00. The lowest BCUT2D eigenvalue weighted by Gasteiger charge is -2.35. The van der Waals surface area contributed by atoms with Crippen LogP contribution in [0.5, 0.6) is 17.2 Å². The summed E-state index contributed by atoms with van der Waals surface area (Å²) in [6.07, 6.45) is 5.26. The Bertz CT molecular complexity index is 1610. The molecule has 2 N–H and O–H groups in total. The molecule has 0 radical (unpaired) electrons. The number of aryl methyl sites for hydroxylation is 1. The van der Waals surface area contributed by atoms with Crippen LogP contribution in [0.15, 0.2) is 37.0 Å². The van der Waals surface area contributed by atoms with Crippen LogP contribution in [0.2, 0.25) is 0 Å². The Balaban J connectivity index is 1.49. The van der Waals surface area contributed by atoms with Crippen molar-refractivity contribution in [3.8, 4) is 17.2 Å². The lowest BCUT2D eigenvalue weighted by atomic mass is 10.1. The number of benzene rings is 2. The average molecular weight is 610 g/mol. The predicted molar refractivity (Wildman–Crippen MR) is 171 cm³/mol. The van der Waals surface area contributed by atoms with Gasteiger partial charge in [0.25, 0.3) is 0 Å². The molecule has 1 saturated heterocycles. The van der Waals surface area contributed by atoms with Crippen molar-refractivity contribution >= 4 is 50.6 Å². The number of anilines is 6. The van der Waals surface area contributed by atoms with Crippen LogP contribution in [0.3, 0.4) is 0 Å². The van der Waals surface area contributed by atoms with E-state index in [-0.39, 0.29) is 0 Å². The molecule has 3 heterocycles. The van der Waals surface area contributed by atoms with Crippen LogP contribution in [-0.2, 0) is 16.4 Å². The molecule has 0 amide bonds. The highest BCUT2D eigenvalue weighted by molar-refractivity contribution is 7.92. The summed E-state index contributed by atoms with van der Waals surface area (Å²) in [6, 6.07) is 7.64. The molecule has 0 saturated carbocycles. The number of hydrogen-bond acceptors (Lipinski definition) is 11. The SMILES string of the molecule is C=Cc1cnc(Nc2cc(CC)c(N3CCN(C)CC3)cc2OC)nc1Nc1ccc2c(c1N(C)S(C)(=O)=O)OCCO2. The highest BCUT2D eigenvalue weighted by atomic mass is 32.2. The molecule has 3 aromatic rings. The van der Waals surface area contributed by atoms with Gasteiger partial charge in [-0.3, -0.25) is 4.31 Å². The van der Waals surface area contributed by atoms with Crippen LogP contribution in [-0.4, -0.2) is 90.1 Å². The van der Waals surface area contributed by atoms with Gasteiger partial charge in [-0.1, -0.05) is 19.6 Å². The minimum atomic E-state index is -3.62. The first kappa shape index (κ1) is 30.2. The number of fused-ring (bicyclic) bond motifs is 1. The molecular formula is C30H39N7O5S. The fourth-order valence-electron chi connectivity index (χ4n) is 5.13. The van der Waals surface area contributed by atoms with Crippen molar-refractivity contribution in [1.82, 2.24) is 14.9 Å². The number of piperazine rings is 1. The zero-order chi connectivity index (χ0) is 30.7. The van der Waals surface area contributed by atoms with Gasteiger partial charge in [-0.05, 0) is 37.2 Å². The van der Waals surface area contributed by atoms with Crippen molar-refractivity contribution in [2.24, 2.45) is 0 Å². The van der Waals surface area contributed by atoms with Crippen LogP contribution in [0, 0.1) is 0 Å². The van der Waals surface area contributed by atoms with E-state index in [1.807, 2.05) is 0 Å². The van der Waals surface area contributed by atoms with E-state index in [9.17, 15) is 8.42 Å². The molecule has 2 aliphatic heterocycles. The van der Waals surface area contributed by atoms with Crippen LogP contribution in [0.1, 0.15) is 18.1 Å². The van der Waals surface area contributed by atoms with Gasteiger partial charge < -0.3 is 34.6 Å². The van der Waals surface area contributed by atoms with Gasteiger partial charge in [-0.15, -0.1) is 0 Å². The Hall–Kier alpha value is -4.23. The summed E-state index contributed by atoms with van der Waals surface area (Å²) in [4.78, 5) is 14.0. The van der Waals surface area contributed by atoms with Gasteiger partial charge in [0.05, 0.1) is 24.7 Å². The van der Waals surface area contributed by atoms with Crippen LogP contribution >= 0.6 is 0 Å². The van der Waals surface area contributed by atoms with Crippen molar-refractivity contribution in [2.45, 2.75) is 13.3 Å². The first-order valence-electron chi connectivity index (χ1n) is 14.2. The zero-order valence-corrected chi connectivity index (χ0v) is 26.1. The molecule has 0 aliphatic carbocycles. The van der Waals surface area contributed by atoms with Crippen LogP contribution in [0.25, 0.3) is 6.08 Å². The van der Waals surface area contributed by atoms with Gasteiger partial charge in [0.15, 0.2) is 11.5 Å². The van der Waals surface area contributed by atoms with E-state index in [0.29, 0.717) is 59.2 Å². The molecule has 2 aromatic carbocycles. The molecule has 1 aromatic heterocycles. The number of ether oxygens (including phenoxy) is 3. The molecule has 5 rings (SSSR count). The predicted octanol–water partition coefficient (Wildman–Crippen LogP) is 4.10. The number of nitrogens with zero attached hydrogens (tertiary/aromatic N) is 5. The quantitative estimate of drug-likeness (QED) is 0.346. The van der Waals surface area contributed by atoms with E-state index >= 15 is 0 Å². The van der Waals surface area contributed by atoms with Gasteiger partial charge in [0.2, 0.25) is 16.0 Å². The van der Waals surface area contributed by atoms with Gasteiger partial charge in [-0.25, -0.2) is 13.4 Å². The fourth-order valence-corrected chi connectivity index (χ4v) is 5.65. The number of nitrogens with one attached hydrogen (secondary N) is 2. The maximum absolute atomic E-state index is 12.6. The van der Waals surface area contributed by atoms with Gasteiger partial charge in [0, 0.05) is 56.7 Å². The third kappa shape index (κ3) is 6.42. The van der Waals surface area contributed by atoms with E-state index in [4.69, 9.17) is 19.2 Å². The maximum atomic E-state index is 12.6. The largest absolute Gasteiger partial charge is 0.494 e. The molecular weight excluding hydrogens is 570 g/mol. The monoisotopic (exact) mass is 609 g/mol. The van der Waals surface area contributed by atoms with Crippen molar-refractivity contribution in [3.05, 3.63) is 48.2 Å². The first-order chi connectivity index (χ1) is 20.6. The minimum absolute atomic E-state index is 0.301. The highest BCUT2D eigenvalue weighted by Gasteiger charge is 2.27. The summed E-state index contributed by atoms with van der Waals surface area (Å²) in [6.45, 7) is 10.7. The third-order valence-corrected chi connectivity index (χ3v) is 8.83. The van der Waals surface area contributed by atoms with E-state index in [1.165, 1.54) is 18.3 Å². The number of aromatic nitrogens is 2. The van der Waals surface area contributed by atoms with Crippen LogP contribution in [0.4, 0.5) is 34.5 Å². The Labute approximate surface area is 253 Å². The number of methoxy groups -OCH3 is 1.